The van der Waals surface area contributed by atoms with Crippen LogP contribution in [0.25, 0.3) is 0 Å². The van der Waals surface area contributed by atoms with Crippen molar-refractivity contribution in [2.75, 3.05) is 0 Å². The normalized spacial score (nSPS) is 51.5. The van der Waals surface area contributed by atoms with Crippen LogP contribution in [0.5, 0.6) is 0 Å². The van der Waals surface area contributed by atoms with Gasteiger partial charge >= 0.3 is 35.8 Å². The Morgan fingerprint density at radius 1 is 0.344 bits per heavy atom. The number of carbonyl (C=O) groups excluding carboxylic acids is 9. The van der Waals surface area contributed by atoms with Gasteiger partial charge in [0.05, 0.1) is 0 Å². The molecule has 23 rings (SSSR count). The number of rotatable bonds is 3. The molecule has 516 valence electrons. The zero-order valence-corrected chi connectivity index (χ0v) is 58.6. The maximum atomic E-state index is 15.2. The average molecular weight is 1290 g/mol. The van der Waals surface area contributed by atoms with Crippen molar-refractivity contribution in [2.24, 2.45) is 139 Å². The SMILES string of the molecule is CC(=O)O[C@@H]1C[C@@H]2C[C@H]3CC[C@]2(C)[C@H]2CC(=O)[C@]4(C)[C@H](CC[C@H]4[C@H]12)[C@H](C)CCC(=O)O[C@@H]1CC[C@@]2(C)[C@@H](C1)C[C@@H](OC(C)=O)[C@@H]1[C@@H]2CC(=O)[C@]2(C)[C@H](CC[C@@H]12)[C@@H](C)CCC(=O)O[C@@H]1CC[C@@]2(C)[C@@H](C1)C[C@@H](OC(C)=O)[C@@H]1[C@@H]2CC(=O)[C@]2(C)[C@H](CC[C@@H]12)[C@@H](C)CCC(=O)O3. The largest absolute Gasteiger partial charge is 0.462 e. The van der Waals surface area contributed by atoms with E-state index in [0.717, 1.165) is 57.8 Å². The van der Waals surface area contributed by atoms with E-state index in [0.29, 0.717) is 96.3 Å². The maximum absolute atomic E-state index is 15.2. The number of hydrogen-bond acceptors (Lipinski definition) is 15. The van der Waals surface area contributed by atoms with Crippen LogP contribution in [0.1, 0.15) is 256 Å². The van der Waals surface area contributed by atoms with Crippen molar-refractivity contribution in [3.8, 4) is 0 Å². The third-order valence-electron chi connectivity index (χ3n) is 31.9. The lowest BCUT2D eigenvalue weighted by Gasteiger charge is -2.62. The number of esters is 6. The van der Waals surface area contributed by atoms with Crippen LogP contribution >= 0.6 is 0 Å². The molecule has 0 unspecified atom stereocenters. The zero-order chi connectivity index (χ0) is 66.4. The van der Waals surface area contributed by atoms with Gasteiger partial charge in [0.2, 0.25) is 0 Å². The summed E-state index contributed by atoms with van der Waals surface area (Å²) in [5.41, 5.74) is -2.53. The van der Waals surface area contributed by atoms with Gasteiger partial charge in [0.15, 0.2) is 0 Å². The van der Waals surface area contributed by atoms with Crippen LogP contribution in [0.3, 0.4) is 0 Å². The van der Waals surface area contributed by atoms with E-state index in [9.17, 15) is 28.8 Å². The molecule has 24 bridgehead atoms. The second kappa shape index (κ2) is 24.7. The van der Waals surface area contributed by atoms with Gasteiger partial charge in [-0.2, -0.15) is 0 Å². The zero-order valence-electron chi connectivity index (χ0n) is 58.6. The van der Waals surface area contributed by atoms with E-state index in [2.05, 4.69) is 62.3 Å². The topological polar surface area (TPSA) is 209 Å². The van der Waals surface area contributed by atoms with Gasteiger partial charge in [-0.15, -0.1) is 0 Å². The lowest BCUT2D eigenvalue weighted by atomic mass is 9.43. The van der Waals surface area contributed by atoms with Gasteiger partial charge in [-0.3, -0.25) is 43.2 Å². The number of ether oxygens (including phenoxy) is 6. The Labute approximate surface area is 554 Å². The Morgan fingerprint density at radius 3 is 0.839 bits per heavy atom. The predicted molar refractivity (Wildman–Crippen MR) is 344 cm³/mol. The van der Waals surface area contributed by atoms with Gasteiger partial charge in [-0.25, -0.2) is 0 Å². The molecule has 11 aliphatic heterocycles. The average Bonchev–Trinajstić information content (AvgIpc) is 1.70. The lowest BCUT2D eigenvalue weighted by Crippen LogP contribution is -2.62. The molecule has 0 aromatic carbocycles. The Balaban J connectivity index is 0.759. The smallest absolute Gasteiger partial charge is 0.306 e. The van der Waals surface area contributed by atoms with E-state index in [1.54, 1.807) is 0 Å². The summed E-state index contributed by atoms with van der Waals surface area (Å²) in [6.07, 6.45) is 15.4. The van der Waals surface area contributed by atoms with Crippen LogP contribution in [0.2, 0.25) is 0 Å². The third-order valence-corrected chi connectivity index (χ3v) is 31.9. The van der Waals surface area contributed by atoms with E-state index in [1.165, 1.54) is 20.8 Å². The lowest BCUT2D eigenvalue weighted by molar-refractivity contribution is -0.198. The van der Waals surface area contributed by atoms with Crippen molar-refractivity contribution >= 4 is 53.2 Å². The van der Waals surface area contributed by atoms with Crippen molar-refractivity contribution in [3.63, 3.8) is 0 Å². The van der Waals surface area contributed by atoms with E-state index in [1.807, 2.05) is 0 Å². The van der Waals surface area contributed by atoms with Crippen LogP contribution in [-0.4, -0.2) is 89.8 Å². The van der Waals surface area contributed by atoms with Crippen molar-refractivity contribution < 1.29 is 71.6 Å². The minimum atomic E-state index is -0.633. The molecule has 23 aliphatic rings. The Bertz CT molecular complexity index is 2680. The fourth-order valence-corrected chi connectivity index (χ4v) is 27.2. The number of carbonyl (C=O) groups is 9. The van der Waals surface area contributed by atoms with E-state index in [-0.39, 0.29) is 232 Å². The summed E-state index contributed by atoms with van der Waals surface area (Å²) in [4.78, 5) is 127. The minimum absolute atomic E-state index is 0.0140. The number of Topliss-reactive ketones (excluding diaryl/α,β-unsaturated/α-hetero) is 3. The summed E-state index contributed by atoms with van der Waals surface area (Å²) in [5, 5.41) is 0. The Morgan fingerprint density at radius 2 is 0.591 bits per heavy atom. The molecule has 0 amide bonds. The molecule has 11 saturated heterocycles. The fraction of sp³-hybridized carbons (Fsp3) is 0.885. The van der Waals surface area contributed by atoms with Crippen LogP contribution in [-0.2, 0) is 71.6 Å². The maximum Gasteiger partial charge on any atom is 0.306 e. The van der Waals surface area contributed by atoms with Gasteiger partial charge < -0.3 is 28.4 Å². The number of hydrogen-bond donors (Lipinski definition) is 0. The van der Waals surface area contributed by atoms with E-state index in [4.69, 9.17) is 28.4 Å². The molecule has 23 fully saturated rings. The van der Waals surface area contributed by atoms with Crippen molar-refractivity contribution in [2.45, 2.75) is 293 Å². The van der Waals surface area contributed by atoms with Crippen LogP contribution in [0.4, 0.5) is 0 Å². The molecule has 0 aromatic rings. The van der Waals surface area contributed by atoms with Crippen molar-refractivity contribution in [1.82, 2.24) is 0 Å². The van der Waals surface area contributed by atoms with Gasteiger partial charge in [-0.1, -0.05) is 62.3 Å². The molecule has 30 atom stereocenters. The quantitative estimate of drug-likeness (QED) is 0.190. The molecular formula is C78H114O15. The van der Waals surface area contributed by atoms with Gasteiger partial charge in [-0.05, 0) is 240 Å². The van der Waals surface area contributed by atoms with Crippen LogP contribution in [0, 0.1) is 139 Å². The van der Waals surface area contributed by atoms with Crippen LogP contribution < -0.4 is 0 Å². The summed E-state index contributed by atoms with van der Waals surface area (Å²) in [6.45, 7) is 24.6. The van der Waals surface area contributed by atoms with Crippen molar-refractivity contribution in [3.05, 3.63) is 0 Å². The molecule has 0 aromatic heterocycles. The third kappa shape index (κ3) is 11.1. The highest BCUT2D eigenvalue weighted by Gasteiger charge is 2.71. The van der Waals surface area contributed by atoms with E-state index < -0.39 is 16.2 Å². The van der Waals surface area contributed by atoms with Gasteiger partial charge in [0.1, 0.15) is 54.0 Å². The summed E-state index contributed by atoms with van der Waals surface area (Å²) in [5.74, 6) is 0.0296. The second-order valence-corrected chi connectivity index (χ2v) is 35.6. The molecular weight excluding hydrogens is 1180 g/mol. The predicted octanol–water partition coefficient (Wildman–Crippen LogP) is 14.1. The first-order valence-corrected chi connectivity index (χ1v) is 37.6. The first-order chi connectivity index (χ1) is 43.9. The van der Waals surface area contributed by atoms with Crippen LogP contribution in [0.15, 0.2) is 0 Å². The Kier molecular flexibility index (Phi) is 17.9. The molecule has 93 heavy (non-hydrogen) atoms. The molecule has 12 saturated carbocycles. The second-order valence-electron chi connectivity index (χ2n) is 35.6. The minimum Gasteiger partial charge on any atom is -0.462 e. The van der Waals surface area contributed by atoms with Gasteiger partial charge in [0, 0.05) is 93.3 Å². The molecule has 15 heteroatoms. The molecule has 0 N–H and O–H groups in total. The molecule has 15 nitrogen and oxygen atoms in total. The summed E-state index contributed by atoms with van der Waals surface area (Å²) < 4.78 is 38.4. The monoisotopic (exact) mass is 1290 g/mol. The highest BCUT2D eigenvalue weighted by atomic mass is 16.6. The highest BCUT2D eigenvalue weighted by Crippen LogP contribution is 2.72. The summed E-state index contributed by atoms with van der Waals surface area (Å²) >= 11 is 0. The summed E-state index contributed by atoms with van der Waals surface area (Å²) in [7, 11) is 0. The first kappa shape index (κ1) is 67.4. The van der Waals surface area contributed by atoms with Gasteiger partial charge in [0.25, 0.3) is 0 Å². The molecule has 0 radical (unpaired) electrons. The molecule has 12 aliphatic carbocycles. The highest BCUT2D eigenvalue weighted by molar-refractivity contribution is 5.88. The van der Waals surface area contributed by atoms with Crippen molar-refractivity contribution in [1.29, 1.82) is 0 Å². The fourth-order valence-electron chi connectivity index (χ4n) is 27.2. The Hall–Kier alpha value is -4.17. The van der Waals surface area contributed by atoms with E-state index >= 15 is 14.4 Å². The standard InChI is InChI=1S/C78H114O15/c1-40-13-22-67(85)91-49-25-28-74(8)46(31-49)35-62(89-44(5)80)71-56-20-17-53(77(56,11)65(83)38-59(71)74)42(3)15-24-69(87)93-51-27-30-75(9)48(33-51)36-63(90-45(6)81)72-57-21-18-54(78(57,12)66(84)39-60(72)75)41(2)14-23-68(86)92-50-26-29-73(7)47(32-50)34-61(88-43(4)79)70-55-19-16-52(40)76(55,10)64(82)37-58(70)73/h40-42,46-63,70-72H,13-39H2,1-12H3/t40-,41-,42+,46-,47-,48-,49+,50+,51+,52+,53+,54+,55-,56-,57-,58-,59-,60-,61+,62+,63+,70-,71-,72-,73-,74-,75-,76+,77+,78+/m0/s1. The first-order valence-electron chi connectivity index (χ1n) is 37.6. The molecule has 0 spiro atoms. The summed E-state index contributed by atoms with van der Waals surface area (Å²) in [6, 6.07) is 0. The molecule has 11 heterocycles. The number of ketones is 3.